The molecule has 10 nitrogen and oxygen atoms in total. The third-order valence-corrected chi connectivity index (χ3v) is 8.61. The van der Waals surface area contributed by atoms with Crippen molar-refractivity contribution in [3.63, 3.8) is 0 Å². The average molecular weight is 716 g/mol. The van der Waals surface area contributed by atoms with Crippen LogP contribution in [0.15, 0.2) is 97.6 Å². The minimum atomic E-state index is -0.402. The van der Waals surface area contributed by atoms with Gasteiger partial charge in [0, 0.05) is 15.7 Å². The highest BCUT2D eigenvalue weighted by atomic mass is 79.9. The Morgan fingerprint density at radius 3 is 2.60 bits per heavy atom. The Hall–Kier alpha value is -5.13. The number of furan rings is 1. The fourth-order valence-electron chi connectivity index (χ4n) is 4.90. The average Bonchev–Trinajstić information content (AvgIpc) is 3.52. The smallest absolute Gasteiger partial charge is 0.282 e. The van der Waals surface area contributed by atoms with E-state index in [4.69, 9.17) is 35.2 Å². The first-order valence-electron chi connectivity index (χ1n) is 14.5. The first-order valence-corrected chi connectivity index (χ1v) is 15.7. The summed E-state index contributed by atoms with van der Waals surface area (Å²) in [4.78, 5) is 31.1. The first-order chi connectivity index (χ1) is 22.8. The summed E-state index contributed by atoms with van der Waals surface area (Å²) in [5, 5.41) is 8.61. The van der Waals surface area contributed by atoms with Crippen molar-refractivity contribution < 1.29 is 23.4 Å². The van der Waals surface area contributed by atoms with E-state index in [1.54, 1.807) is 49.6 Å². The van der Waals surface area contributed by atoms with E-state index in [0.717, 1.165) is 10.9 Å². The minimum Gasteiger partial charge on any atom is -0.496 e. The molecule has 1 amide bonds. The van der Waals surface area contributed by atoms with Crippen LogP contribution >= 0.6 is 27.5 Å². The number of anilines is 1. The topological polar surface area (TPSA) is 117 Å². The number of fused-ring (bicyclic) bond motifs is 2. The van der Waals surface area contributed by atoms with Gasteiger partial charge in [-0.3, -0.25) is 9.59 Å². The molecule has 0 aliphatic rings. The monoisotopic (exact) mass is 714 g/mol. The van der Waals surface area contributed by atoms with Crippen LogP contribution in [0.3, 0.4) is 0 Å². The van der Waals surface area contributed by atoms with E-state index in [1.807, 2.05) is 50.2 Å². The van der Waals surface area contributed by atoms with E-state index in [2.05, 4.69) is 26.3 Å². The molecular weight excluding hydrogens is 688 g/mol. The number of carbonyl (C=O) groups excluding carboxylic acids is 1. The van der Waals surface area contributed by atoms with Crippen molar-refractivity contribution in [1.82, 2.24) is 9.66 Å². The third kappa shape index (κ3) is 6.58. The largest absolute Gasteiger partial charge is 0.496 e. The number of nitrogens with one attached hydrogen (secondary N) is 1. The summed E-state index contributed by atoms with van der Waals surface area (Å²) in [7, 11) is 1.58. The number of carbonyl (C=O) groups is 1. The molecule has 6 aromatic rings. The van der Waals surface area contributed by atoms with E-state index in [1.165, 1.54) is 10.9 Å². The molecule has 0 aliphatic carbocycles. The Morgan fingerprint density at radius 2 is 1.83 bits per heavy atom. The van der Waals surface area contributed by atoms with Gasteiger partial charge in [0.25, 0.3) is 11.5 Å². The molecule has 12 heteroatoms. The van der Waals surface area contributed by atoms with Gasteiger partial charge < -0.3 is 23.9 Å². The SMILES string of the molecule is CCOc1cc(C=Nn2c(-c3cc4c(OC)cccc4o3)nc3ccccc3c2=O)c(Br)c(Cl)c1OCC(=O)Nc1ccc(C)cc1. The fourth-order valence-corrected chi connectivity index (χ4v) is 5.55. The zero-order valence-corrected chi connectivity index (χ0v) is 27.9. The third-order valence-electron chi connectivity index (χ3n) is 7.17. The molecule has 0 unspecified atom stereocenters. The lowest BCUT2D eigenvalue weighted by Crippen LogP contribution is -2.21. The van der Waals surface area contributed by atoms with Gasteiger partial charge in [-0.05, 0) is 78.3 Å². The number of aromatic nitrogens is 2. The Labute approximate surface area is 282 Å². The first kappa shape index (κ1) is 31.8. The van der Waals surface area contributed by atoms with Crippen LogP contribution in [0.4, 0.5) is 5.69 Å². The molecule has 2 aromatic heterocycles. The molecule has 0 aliphatic heterocycles. The molecule has 0 bridgehead atoms. The van der Waals surface area contributed by atoms with E-state index in [-0.39, 0.29) is 29.1 Å². The summed E-state index contributed by atoms with van der Waals surface area (Å²) in [5.41, 5.74) is 2.85. The quantitative estimate of drug-likeness (QED) is 0.144. The highest BCUT2D eigenvalue weighted by molar-refractivity contribution is 9.10. The normalized spacial score (nSPS) is 11.3. The Bertz CT molecular complexity index is 2210. The van der Waals surface area contributed by atoms with Gasteiger partial charge in [-0.2, -0.15) is 9.78 Å². The van der Waals surface area contributed by atoms with Gasteiger partial charge in [0.15, 0.2) is 23.9 Å². The Kier molecular flexibility index (Phi) is 9.28. The summed E-state index contributed by atoms with van der Waals surface area (Å²) < 4.78 is 24.9. The number of methoxy groups -OCH3 is 1. The highest BCUT2D eigenvalue weighted by Crippen LogP contribution is 2.42. The Balaban J connectivity index is 1.37. The lowest BCUT2D eigenvalue weighted by atomic mass is 10.2. The molecule has 0 atom stereocenters. The zero-order chi connectivity index (χ0) is 33.1. The fraction of sp³-hybridized carbons (Fsp3) is 0.143. The molecule has 2 heterocycles. The molecule has 0 fully saturated rings. The molecule has 0 saturated carbocycles. The van der Waals surface area contributed by atoms with Crippen molar-refractivity contribution in [2.24, 2.45) is 5.10 Å². The number of halogens is 2. The molecule has 1 N–H and O–H groups in total. The van der Waals surface area contributed by atoms with Crippen molar-refractivity contribution in [2.45, 2.75) is 13.8 Å². The van der Waals surface area contributed by atoms with Crippen molar-refractivity contribution in [3.8, 4) is 28.8 Å². The zero-order valence-electron chi connectivity index (χ0n) is 25.5. The van der Waals surface area contributed by atoms with Gasteiger partial charge in [0.05, 0.1) is 36.2 Å². The maximum atomic E-state index is 13.8. The number of aryl methyl sites for hydroxylation is 1. The van der Waals surface area contributed by atoms with Crippen LogP contribution in [0.2, 0.25) is 5.02 Å². The number of benzene rings is 4. The maximum Gasteiger partial charge on any atom is 0.282 e. The summed E-state index contributed by atoms with van der Waals surface area (Å²) in [6.07, 6.45) is 1.46. The molecule has 47 heavy (non-hydrogen) atoms. The van der Waals surface area contributed by atoms with E-state index in [9.17, 15) is 9.59 Å². The number of hydrogen-bond donors (Lipinski definition) is 1. The van der Waals surface area contributed by atoms with E-state index >= 15 is 0 Å². The second-order valence-corrected chi connectivity index (χ2v) is 11.5. The summed E-state index contributed by atoms with van der Waals surface area (Å²) in [5.74, 6) is 1.23. The van der Waals surface area contributed by atoms with Gasteiger partial charge in [0.1, 0.15) is 16.4 Å². The number of ether oxygens (including phenoxy) is 3. The lowest BCUT2D eigenvalue weighted by Gasteiger charge is -2.16. The van der Waals surface area contributed by atoms with Gasteiger partial charge in [-0.1, -0.05) is 47.5 Å². The van der Waals surface area contributed by atoms with Crippen molar-refractivity contribution in [3.05, 3.63) is 110 Å². The van der Waals surface area contributed by atoms with E-state index < -0.39 is 5.56 Å². The predicted octanol–water partition coefficient (Wildman–Crippen LogP) is 7.84. The molecule has 238 valence electrons. The van der Waals surface area contributed by atoms with Crippen molar-refractivity contribution >= 4 is 67.2 Å². The van der Waals surface area contributed by atoms with Crippen LogP contribution in [0, 0.1) is 6.92 Å². The number of nitrogens with zero attached hydrogens (tertiary/aromatic N) is 3. The number of amides is 1. The van der Waals surface area contributed by atoms with Crippen LogP contribution in [-0.4, -0.2) is 42.1 Å². The van der Waals surface area contributed by atoms with Gasteiger partial charge >= 0.3 is 0 Å². The molecule has 0 saturated heterocycles. The molecule has 0 spiro atoms. The minimum absolute atomic E-state index is 0.161. The Morgan fingerprint density at radius 1 is 1.04 bits per heavy atom. The van der Waals surface area contributed by atoms with Gasteiger partial charge in [0.2, 0.25) is 5.82 Å². The van der Waals surface area contributed by atoms with Crippen LogP contribution < -0.4 is 25.1 Å². The lowest BCUT2D eigenvalue weighted by molar-refractivity contribution is -0.118. The summed E-state index contributed by atoms with van der Waals surface area (Å²) in [6.45, 7) is 3.77. The molecular formula is C35H28BrClN4O6. The second kappa shape index (κ2) is 13.7. The predicted molar refractivity (Wildman–Crippen MR) is 186 cm³/mol. The van der Waals surface area contributed by atoms with E-state index in [0.29, 0.717) is 56.1 Å². The van der Waals surface area contributed by atoms with Gasteiger partial charge in [-0.25, -0.2) is 4.98 Å². The van der Waals surface area contributed by atoms with Gasteiger partial charge in [-0.15, -0.1) is 0 Å². The summed E-state index contributed by atoms with van der Waals surface area (Å²) >= 11 is 10.3. The summed E-state index contributed by atoms with van der Waals surface area (Å²) in [6, 6.07) is 23.3. The molecule has 6 rings (SSSR count). The van der Waals surface area contributed by atoms with Crippen LogP contribution in [0.25, 0.3) is 33.5 Å². The number of hydrogen-bond acceptors (Lipinski definition) is 8. The molecule has 0 radical (unpaired) electrons. The van der Waals surface area contributed by atoms with Crippen LogP contribution in [-0.2, 0) is 4.79 Å². The number of para-hydroxylation sites is 1. The highest BCUT2D eigenvalue weighted by Gasteiger charge is 2.21. The van der Waals surface area contributed by atoms with Crippen LogP contribution in [0.5, 0.6) is 17.2 Å². The second-order valence-electron chi connectivity index (χ2n) is 10.4. The van der Waals surface area contributed by atoms with Crippen molar-refractivity contribution in [1.29, 1.82) is 0 Å². The van der Waals surface area contributed by atoms with Crippen molar-refractivity contribution in [2.75, 3.05) is 25.6 Å². The number of rotatable bonds is 10. The van der Waals surface area contributed by atoms with Crippen LogP contribution in [0.1, 0.15) is 18.1 Å². The molecule has 4 aromatic carbocycles. The standard InChI is InChI=1S/C35H28BrClN4O6/c1-4-45-28-16-21(31(36)32(37)33(28)46-19-30(42)39-22-14-12-20(2)13-15-22)18-38-41-34(40-25-9-6-5-8-23(25)35(41)43)29-17-24-26(44-3)10-7-11-27(24)47-29/h5-18H,4,19H2,1-3H3,(H,39,42). The maximum absolute atomic E-state index is 13.8.